The third-order valence-corrected chi connectivity index (χ3v) is 5.17. The second kappa shape index (κ2) is 8.02. The lowest BCUT2D eigenvalue weighted by atomic mass is 10.2. The summed E-state index contributed by atoms with van der Waals surface area (Å²) < 4.78 is 20.9. The number of anilines is 2. The number of halogens is 1. The van der Waals surface area contributed by atoms with Gasteiger partial charge in [-0.1, -0.05) is 12.1 Å². The fraction of sp³-hybridized carbons (Fsp3) is 0.217. The number of benzene rings is 2. The summed E-state index contributed by atoms with van der Waals surface area (Å²) in [7, 11) is 0. The molecule has 0 aliphatic carbocycles. The SMILES string of the molecule is CCOc1ccc(-n2c(C)c3c(N)nnc(NCc4ccc(F)cc4)c3c2C)cc1. The minimum Gasteiger partial charge on any atom is -0.494 e. The molecule has 30 heavy (non-hydrogen) atoms. The Labute approximate surface area is 174 Å². The van der Waals surface area contributed by atoms with E-state index in [1.54, 1.807) is 12.1 Å². The van der Waals surface area contributed by atoms with Crippen LogP contribution in [0.4, 0.5) is 16.0 Å². The van der Waals surface area contributed by atoms with Crippen LogP contribution in [0.15, 0.2) is 48.5 Å². The predicted molar refractivity (Wildman–Crippen MR) is 118 cm³/mol. The standard InChI is InChI=1S/C23H24FN5O/c1-4-30-19-11-9-18(10-12-19)29-14(2)20-21(15(29)3)23(28-27-22(20)25)26-13-16-5-7-17(24)8-6-16/h5-12H,4,13H2,1-3H3,(H2,25,27)(H,26,28). The quantitative estimate of drug-likeness (QED) is 0.483. The molecule has 0 unspecified atom stereocenters. The number of hydrogen-bond acceptors (Lipinski definition) is 5. The number of nitrogens with zero attached hydrogens (tertiary/aromatic N) is 3. The summed E-state index contributed by atoms with van der Waals surface area (Å²) in [5.74, 6) is 1.61. The van der Waals surface area contributed by atoms with Crippen molar-refractivity contribution in [2.24, 2.45) is 0 Å². The van der Waals surface area contributed by atoms with Gasteiger partial charge in [0.15, 0.2) is 11.6 Å². The highest BCUT2D eigenvalue weighted by Crippen LogP contribution is 2.35. The van der Waals surface area contributed by atoms with E-state index in [-0.39, 0.29) is 5.82 Å². The average molecular weight is 405 g/mol. The molecule has 0 saturated carbocycles. The van der Waals surface area contributed by atoms with E-state index < -0.39 is 0 Å². The number of nitrogen functional groups attached to an aromatic ring is 1. The van der Waals surface area contributed by atoms with Crippen LogP contribution in [0.25, 0.3) is 16.5 Å². The van der Waals surface area contributed by atoms with Gasteiger partial charge in [-0.3, -0.25) is 0 Å². The number of rotatable bonds is 6. The van der Waals surface area contributed by atoms with Gasteiger partial charge in [0.2, 0.25) is 0 Å². The molecular weight excluding hydrogens is 381 g/mol. The highest BCUT2D eigenvalue weighted by molar-refractivity contribution is 6.02. The summed E-state index contributed by atoms with van der Waals surface area (Å²) in [6.45, 7) is 7.15. The predicted octanol–water partition coefficient (Wildman–Crippen LogP) is 4.77. The van der Waals surface area contributed by atoms with Gasteiger partial charge in [-0.25, -0.2) is 4.39 Å². The monoisotopic (exact) mass is 405 g/mol. The van der Waals surface area contributed by atoms with Gasteiger partial charge < -0.3 is 20.4 Å². The molecule has 0 aliphatic rings. The summed E-state index contributed by atoms with van der Waals surface area (Å²) in [6, 6.07) is 14.3. The number of nitrogens with two attached hydrogens (primary N) is 1. The molecule has 154 valence electrons. The first-order valence-electron chi connectivity index (χ1n) is 9.85. The molecule has 0 fully saturated rings. The van der Waals surface area contributed by atoms with Crippen molar-refractivity contribution in [1.82, 2.24) is 14.8 Å². The molecule has 4 aromatic rings. The maximum Gasteiger partial charge on any atom is 0.158 e. The molecule has 0 atom stereocenters. The molecule has 0 spiro atoms. The zero-order chi connectivity index (χ0) is 21.3. The first-order chi connectivity index (χ1) is 14.5. The Morgan fingerprint density at radius 2 is 1.63 bits per heavy atom. The van der Waals surface area contributed by atoms with Crippen LogP contribution in [0.1, 0.15) is 23.9 Å². The number of nitrogens with one attached hydrogen (secondary N) is 1. The first kappa shape index (κ1) is 19.7. The number of aryl methyl sites for hydroxylation is 2. The van der Waals surface area contributed by atoms with E-state index in [4.69, 9.17) is 10.5 Å². The minimum absolute atomic E-state index is 0.257. The van der Waals surface area contributed by atoms with E-state index in [1.807, 2.05) is 45.0 Å². The largest absolute Gasteiger partial charge is 0.494 e. The lowest BCUT2D eigenvalue weighted by molar-refractivity contribution is 0.340. The van der Waals surface area contributed by atoms with E-state index in [0.29, 0.717) is 24.8 Å². The smallest absolute Gasteiger partial charge is 0.158 e. The van der Waals surface area contributed by atoms with Crippen molar-refractivity contribution in [3.05, 3.63) is 71.3 Å². The number of fused-ring (bicyclic) bond motifs is 1. The Morgan fingerprint density at radius 1 is 0.967 bits per heavy atom. The van der Waals surface area contributed by atoms with Gasteiger partial charge in [0.1, 0.15) is 11.6 Å². The lowest BCUT2D eigenvalue weighted by Crippen LogP contribution is -2.05. The maximum atomic E-state index is 13.2. The second-order valence-corrected chi connectivity index (χ2v) is 7.10. The summed E-state index contributed by atoms with van der Waals surface area (Å²) in [5.41, 5.74) is 10.2. The molecule has 2 aromatic heterocycles. The zero-order valence-corrected chi connectivity index (χ0v) is 17.2. The normalized spacial score (nSPS) is 11.1. The van der Waals surface area contributed by atoms with Gasteiger partial charge in [-0.2, -0.15) is 0 Å². The molecule has 0 amide bonds. The molecule has 7 heteroatoms. The average Bonchev–Trinajstić information content (AvgIpc) is 3.01. The Bertz CT molecular complexity index is 1180. The van der Waals surface area contributed by atoms with E-state index in [1.165, 1.54) is 12.1 Å². The molecule has 2 heterocycles. The van der Waals surface area contributed by atoms with Crippen molar-refractivity contribution in [3.8, 4) is 11.4 Å². The Morgan fingerprint density at radius 3 is 2.30 bits per heavy atom. The van der Waals surface area contributed by atoms with Crippen LogP contribution in [-0.4, -0.2) is 21.4 Å². The Hall–Kier alpha value is -3.61. The molecule has 4 rings (SSSR count). The van der Waals surface area contributed by atoms with E-state index in [2.05, 4.69) is 20.1 Å². The van der Waals surface area contributed by atoms with E-state index >= 15 is 0 Å². The molecule has 6 nitrogen and oxygen atoms in total. The van der Waals surface area contributed by atoms with Crippen molar-refractivity contribution in [1.29, 1.82) is 0 Å². The molecular formula is C23H24FN5O. The third kappa shape index (κ3) is 3.54. The van der Waals surface area contributed by atoms with Gasteiger partial charge in [0.25, 0.3) is 0 Å². The van der Waals surface area contributed by atoms with Crippen LogP contribution in [0.5, 0.6) is 5.75 Å². The maximum absolute atomic E-state index is 13.2. The molecule has 3 N–H and O–H groups in total. The topological polar surface area (TPSA) is 78.0 Å². The van der Waals surface area contributed by atoms with E-state index in [9.17, 15) is 4.39 Å². The van der Waals surface area contributed by atoms with Gasteiger partial charge in [-0.15, -0.1) is 10.2 Å². The summed E-state index contributed by atoms with van der Waals surface area (Å²) in [4.78, 5) is 0. The third-order valence-electron chi connectivity index (χ3n) is 5.17. The van der Waals surface area contributed by atoms with Crippen LogP contribution in [0.2, 0.25) is 0 Å². The molecule has 2 aromatic carbocycles. The van der Waals surface area contributed by atoms with E-state index in [0.717, 1.165) is 39.2 Å². The van der Waals surface area contributed by atoms with Crippen molar-refractivity contribution in [3.63, 3.8) is 0 Å². The highest BCUT2D eigenvalue weighted by atomic mass is 19.1. The van der Waals surface area contributed by atoms with Crippen LogP contribution < -0.4 is 15.8 Å². The number of hydrogen-bond donors (Lipinski definition) is 2. The Balaban J connectivity index is 1.75. The minimum atomic E-state index is -0.257. The van der Waals surface area contributed by atoms with Gasteiger partial charge in [0.05, 0.1) is 17.4 Å². The van der Waals surface area contributed by atoms with Crippen LogP contribution >= 0.6 is 0 Å². The van der Waals surface area contributed by atoms with Gasteiger partial charge >= 0.3 is 0 Å². The van der Waals surface area contributed by atoms with Crippen molar-refractivity contribution < 1.29 is 9.13 Å². The van der Waals surface area contributed by atoms with Gasteiger partial charge in [0, 0.05) is 23.6 Å². The summed E-state index contributed by atoms with van der Waals surface area (Å²) in [6.07, 6.45) is 0. The lowest BCUT2D eigenvalue weighted by Gasteiger charge is -2.11. The first-order valence-corrected chi connectivity index (χ1v) is 9.85. The van der Waals surface area contributed by atoms with Crippen LogP contribution in [0.3, 0.4) is 0 Å². The molecule has 0 aliphatic heterocycles. The summed E-state index contributed by atoms with van der Waals surface area (Å²) in [5, 5.41) is 13.6. The van der Waals surface area contributed by atoms with Crippen LogP contribution in [-0.2, 0) is 6.54 Å². The van der Waals surface area contributed by atoms with Gasteiger partial charge in [-0.05, 0) is 62.7 Å². The fourth-order valence-electron chi connectivity index (χ4n) is 3.80. The highest BCUT2D eigenvalue weighted by Gasteiger charge is 2.19. The summed E-state index contributed by atoms with van der Waals surface area (Å²) >= 11 is 0. The number of ether oxygens (including phenoxy) is 1. The molecule has 0 radical (unpaired) electrons. The number of aromatic nitrogens is 3. The zero-order valence-electron chi connectivity index (χ0n) is 17.2. The van der Waals surface area contributed by atoms with Crippen molar-refractivity contribution in [2.45, 2.75) is 27.3 Å². The van der Waals surface area contributed by atoms with Crippen LogP contribution in [0, 0.1) is 19.7 Å². The van der Waals surface area contributed by atoms with Crippen molar-refractivity contribution >= 4 is 22.4 Å². The van der Waals surface area contributed by atoms with Crippen molar-refractivity contribution in [2.75, 3.05) is 17.7 Å². The Kier molecular flexibility index (Phi) is 5.27. The second-order valence-electron chi connectivity index (χ2n) is 7.10. The molecule has 0 bridgehead atoms. The molecule has 0 saturated heterocycles. The fourth-order valence-corrected chi connectivity index (χ4v) is 3.80.